The van der Waals surface area contributed by atoms with Crippen molar-refractivity contribution in [3.05, 3.63) is 126 Å². The molecule has 2 N–H and O–H groups in total. The van der Waals surface area contributed by atoms with Gasteiger partial charge in [-0.05, 0) is 84.1 Å². The second-order valence-electron chi connectivity index (χ2n) is 9.55. The minimum absolute atomic E-state index is 0.161. The molecule has 4 aromatic rings. The zero-order valence-electron chi connectivity index (χ0n) is 21.0. The molecule has 5 rings (SSSR count). The van der Waals surface area contributed by atoms with Gasteiger partial charge in [0.1, 0.15) is 17.5 Å². The van der Waals surface area contributed by atoms with Crippen LogP contribution in [-0.4, -0.2) is 29.8 Å². The van der Waals surface area contributed by atoms with Crippen LogP contribution in [0.2, 0.25) is 0 Å². The maximum absolute atomic E-state index is 13.7. The molecule has 0 unspecified atom stereocenters. The number of nitrogens with zero attached hydrogens (tertiary/aromatic N) is 1. The molecule has 0 aliphatic carbocycles. The Morgan fingerprint density at radius 1 is 0.692 bits per heavy atom. The minimum atomic E-state index is -1.02. The van der Waals surface area contributed by atoms with Gasteiger partial charge in [0, 0.05) is 18.7 Å². The number of piperidine rings is 1. The number of hydrogen-bond donors (Lipinski definition) is 2. The van der Waals surface area contributed by atoms with Crippen LogP contribution in [0.15, 0.2) is 97.1 Å². The van der Waals surface area contributed by atoms with Crippen molar-refractivity contribution < 1.29 is 22.8 Å². The third-order valence-corrected chi connectivity index (χ3v) is 7.19. The molecule has 0 bridgehead atoms. The van der Waals surface area contributed by atoms with Crippen LogP contribution in [0.5, 0.6) is 0 Å². The van der Waals surface area contributed by atoms with Gasteiger partial charge in [0.2, 0.25) is 5.91 Å². The Kier molecular flexibility index (Phi) is 7.36. The van der Waals surface area contributed by atoms with Crippen molar-refractivity contribution in [3.63, 3.8) is 0 Å². The maximum Gasteiger partial charge on any atom is 0.253 e. The van der Waals surface area contributed by atoms with Crippen molar-refractivity contribution >= 4 is 17.5 Å². The van der Waals surface area contributed by atoms with Crippen LogP contribution in [0.25, 0.3) is 11.1 Å². The molecule has 1 aliphatic heterocycles. The van der Waals surface area contributed by atoms with Gasteiger partial charge < -0.3 is 4.90 Å². The number of nitrogens with one attached hydrogen (secondary N) is 2. The minimum Gasteiger partial charge on any atom is -0.339 e. The summed E-state index contributed by atoms with van der Waals surface area (Å²) in [6.45, 7) is 0.618. The highest BCUT2D eigenvalue weighted by molar-refractivity contribution is 5.95. The lowest BCUT2D eigenvalue weighted by atomic mass is 9.72. The van der Waals surface area contributed by atoms with Gasteiger partial charge in [-0.15, -0.1) is 0 Å². The van der Waals surface area contributed by atoms with Gasteiger partial charge in [-0.1, -0.05) is 42.5 Å². The number of carbonyl (C=O) groups excluding carboxylic acids is 2. The van der Waals surface area contributed by atoms with E-state index in [2.05, 4.69) is 10.9 Å². The largest absolute Gasteiger partial charge is 0.339 e. The van der Waals surface area contributed by atoms with Gasteiger partial charge in [0.25, 0.3) is 5.91 Å². The fraction of sp³-hybridized carbons (Fsp3) is 0.161. The van der Waals surface area contributed by atoms with Crippen LogP contribution >= 0.6 is 0 Å². The number of halogens is 3. The molecule has 8 heteroatoms. The molecule has 1 aliphatic rings. The monoisotopic (exact) mass is 529 g/mol. The van der Waals surface area contributed by atoms with Crippen LogP contribution in [0.3, 0.4) is 0 Å². The summed E-state index contributed by atoms with van der Waals surface area (Å²) in [5.74, 6) is -1.68. The second kappa shape index (κ2) is 11.0. The fourth-order valence-electron chi connectivity index (χ4n) is 4.95. The van der Waals surface area contributed by atoms with E-state index >= 15 is 0 Å². The van der Waals surface area contributed by atoms with Crippen molar-refractivity contribution in [1.82, 2.24) is 10.3 Å². The summed E-state index contributed by atoms with van der Waals surface area (Å²) in [5.41, 5.74) is 7.65. The number of anilines is 1. The van der Waals surface area contributed by atoms with E-state index in [1.165, 1.54) is 42.5 Å². The van der Waals surface area contributed by atoms with E-state index in [0.717, 1.165) is 11.1 Å². The molecule has 2 amide bonds. The SMILES string of the molecule is O=C(c1ccc(-c2ccc(F)cc2)cc1)N1CCC(C(=O)NNc2cccc(F)c2)(c2ccc(F)cc2)CC1. The van der Waals surface area contributed by atoms with E-state index in [4.69, 9.17) is 0 Å². The summed E-state index contributed by atoms with van der Waals surface area (Å²) in [6.07, 6.45) is 0.628. The molecule has 0 saturated carbocycles. The third-order valence-electron chi connectivity index (χ3n) is 7.19. The molecule has 4 aromatic carbocycles. The average Bonchev–Trinajstić information content (AvgIpc) is 2.96. The Labute approximate surface area is 224 Å². The van der Waals surface area contributed by atoms with Crippen LogP contribution in [0, 0.1) is 17.5 Å². The zero-order chi connectivity index (χ0) is 27.4. The Bertz CT molecular complexity index is 1460. The predicted molar refractivity (Wildman–Crippen MR) is 143 cm³/mol. The number of hydrogen-bond acceptors (Lipinski definition) is 3. The molecule has 0 radical (unpaired) electrons. The van der Waals surface area contributed by atoms with Crippen molar-refractivity contribution in [2.75, 3.05) is 18.5 Å². The van der Waals surface area contributed by atoms with Crippen LogP contribution in [0.4, 0.5) is 18.9 Å². The Morgan fingerprint density at radius 3 is 1.85 bits per heavy atom. The normalized spacial score (nSPS) is 14.5. The molecule has 39 heavy (non-hydrogen) atoms. The number of benzene rings is 4. The molecule has 1 heterocycles. The molecule has 0 spiro atoms. The fourth-order valence-corrected chi connectivity index (χ4v) is 4.95. The topological polar surface area (TPSA) is 61.4 Å². The quantitative estimate of drug-likeness (QED) is 0.297. The average molecular weight is 530 g/mol. The lowest BCUT2D eigenvalue weighted by molar-refractivity contribution is -0.128. The van der Waals surface area contributed by atoms with Gasteiger partial charge in [-0.3, -0.25) is 20.4 Å². The van der Waals surface area contributed by atoms with Crippen molar-refractivity contribution in [2.45, 2.75) is 18.3 Å². The molecule has 5 nitrogen and oxygen atoms in total. The highest BCUT2D eigenvalue weighted by Gasteiger charge is 2.44. The van der Waals surface area contributed by atoms with Crippen molar-refractivity contribution in [2.24, 2.45) is 0 Å². The first kappa shape index (κ1) is 26.0. The zero-order valence-corrected chi connectivity index (χ0v) is 21.0. The number of likely N-dealkylation sites (tertiary alicyclic amines) is 1. The van der Waals surface area contributed by atoms with Gasteiger partial charge in [-0.2, -0.15) is 0 Å². The van der Waals surface area contributed by atoms with Gasteiger partial charge in [0.05, 0.1) is 11.1 Å². The smallest absolute Gasteiger partial charge is 0.253 e. The highest BCUT2D eigenvalue weighted by atomic mass is 19.1. The predicted octanol–water partition coefficient (Wildman–Crippen LogP) is 6.09. The summed E-state index contributed by atoms with van der Waals surface area (Å²) in [7, 11) is 0. The van der Waals surface area contributed by atoms with Crippen LogP contribution in [0.1, 0.15) is 28.8 Å². The van der Waals surface area contributed by atoms with Crippen LogP contribution in [-0.2, 0) is 10.2 Å². The molecular weight excluding hydrogens is 503 g/mol. The summed E-state index contributed by atoms with van der Waals surface area (Å²) in [6, 6.07) is 24.7. The summed E-state index contributed by atoms with van der Waals surface area (Å²) >= 11 is 0. The Hall–Kier alpha value is -4.59. The van der Waals surface area contributed by atoms with Gasteiger partial charge in [0.15, 0.2) is 0 Å². The number of carbonyl (C=O) groups is 2. The maximum atomic E-state index is 13.7. The molecule has 0 atom stereocenters. The molecule has 1 saturated heterocycles. The Balaban J connectivity index is 1.31. The van der Waals surface area contributed by atoms with Gasteiger partial charge in [-0.25, -0.2) is 13.2 Å². The summed E-state index contributed by atoms with van der Waals surface area (Å²) < 4.78 is 40.5. The van der Waals surface area contributed by atoms with E-state index in [0.29, 0.717) is 42.7 Å². The van der Waals surface area contributed by atoms with Crippen molar-refractivity contribution in [3.8, 4) is 11.1 Å². The molecule has 0 aromatic heterocycles. The summed E-state index contributed by atoms with van der Waals surface area (Å²) in [4.78, 5) is 28.5. The van der Waals surface area contributed by atoms with Crippen LogP contribution < -0.4 is 10.9 Å². The van der Waals surface area contributed by atoms with E-state index in [9.17, 15) is 22.8 Å². The number of rotatable bonds is 6. The van der Waals surface area contributed by atoms with E-state index in [-0.39, 0.29) is 17.6 Å². The first-order chi connectivity index (χ1) is 18.8. The Morgan fingerprint density at radius 2 is 1.26 bits per heavy atom. The summed E-state index contributed by atoms with van der Waals surface area (Å²) in [5, 5.41) is 0. The van der Waals surface area contributed by atoms with Crippen molar-refractivity contribution in [1.29, 1.82) is 0 Å². The number of hydrazine groups is 1. The molecule has 198 valence electrons. The highest BCUT2D eigenvalue weighted by Crippen LogP contribution is 2.37. The number of amides is 2. The van der Waals surface area contributed by atoms with E-state index < -0.39 is 17.0 Å². The van der Waals surface area contributed by atoms with E-state index in [1.807, 2.05) is 12.1 Å². The van der Waals surface area contributed by atoms with Gasteiger partial charge >= 0.3 is 0 Å². The van der Waals surface area contributed by atoms with E-state index in [1.54, 1.807) is 47.4 Å². The molecule has 1 fully saturated rings. The first-order valence-corrected chi connectivity index (χ1v) is 12.6. The first-order valence-electron chi connectivity index (χ1n) is 12.6. The third kappa shape index (κ3) is 5.65. The second-order valence-corrected chi connectivity index (χ2v) is 9.55. The standard InChI is InChI=1S/C31H26F3N3O2/c32-25-12-8-22(9-13-25)21-4-6-23(7-5-21)29(38)37-18-16-31(17-19-37,24-10-14-26(33)15-11-24)30(39)36-35-28-3-1-2-27(34)20-28/h1-15,20,35H,16-19H2,(H,36,39). The lowest BCUT2D eigenvalue weighted by Gasteiger charge is -2.41. The molecular formula is C31H26F3N3O2. The lowest BCUT2D eigenvalue weighted by Crippen LogP contribution is -2.53.